The van der Waals surface area contributed by atoms with Crippen molar-refractivity contribution in [3.05, 3.63) is 65.5 Å². The predicted octanol–water partition coefficient (Wildman–Crippen LogP) is 3.02. The van der Waals surface area contributed by atoms with Crippen molar-refractivity contribution in [2.24, 2.45) is 7.05 Å². The molecule has 1 N–H and O–H groups in total. The average Bonchev–Trinajstić information content (AvgIpc) is 3.10. The van der Waals surface area contributed by atoms with E-state index in [0.717, 1.165) is 11.8 Å². The van der Waals surface area contributed by atoms with Crippen molar-refractivity contribution >= 4 is 44.9 Å². The quantitative estimate of drug-likeness (QED) is 0.364. The predicted molar refractivity (Wildman–Crippen MR) is 129 cm³/mol. The molecule has 1 aromatic heterocycles. The molecule has 0 fully saturated rings. The van der Waals surface area contributed by atoms with Crippen LogP contribution < -0.4 is 9.62 Å². The Labute approximate surface area is 197 Å². The lowest BCUT2D eigenvalue weighted by atomic mass is 10.1. The standard InChI is InChI=1S/C22H25N5O4S2/c1-15-5-11-19(12-6-15)27(33(4,30)31)13-20-24-25-22(26(20)3)32-14-21(29)23-18-9-7-17(8-10-18)16(2)28/h5-12H,13-14H2,1-4H3,(H,23,29). The van der Waals surface area contributed by atoms with E-state index >= 15 is 0 Å². The van der Waals surface area contributed by atoms with Gasteiger partial charge >= 0.3 is 0 Å². The lowest BCUT2D eigenvalue weighted by Crippen LogP contribution is -2.30. The summed E-state index contributed by atoms with van der Waals surface area (Å²) in [7, 11) is -1.82. The molecule has 1 amide bonds. The molecule has 1 heterocycles. The van der Waals surface area contributed by atoms with Crippen molar-refractivity contribution in [1.29, 1.82) is 0 Å². The summed E-state index contributed by atoms with van der Waals surface area (Å²) < 4.78 is 27.7. The molecule has 3 rings (SSSR count). The number of hydrogen-bond acceptors (Lipinski definition) is 7. The Hall–Kier alpha value is -3.18. The number of nitrogens with zero attached hydrogens (tertiary/aromatic N) is 4. The maximum Gasteiger partial charge on any atom is 0.234 e. The number of hydrogen-bond donors (Lipinski definition) is 1. The van der Waals surface area contributed by atoms with Gasteiger partial charge in [0.15, 0.2) is 16.8 Å². The van der Waals surface area contributed by atoms with Crippen molar-refractivity contribution in [1.82, 2.24) is 14.8 Å². The number of aromatic nitrogens is 3. The summed E-state index contributed by atoms with van der Waals surface area (Å²) in [6.07, 6.45) is 1.15. The minimum atomic E-state index is -3.55. The largest absolute Gasteiger partial charge is 0.325 e. The Balaban J connectivity index is 1.65. The Morgan fingerprint density at radius 2 is 1.70 bits per heavy atom. The van der Waals surface area contributed by atoms with Gasteiger partial charge in [0.25, 0.3) is 0 Å². The van der Waals surface area contributed by atoms with E-state index in [1.165, 1.54) is 23.0 Å². The molecule has 33 heavy (non-hydrogen) atoms. The van der Waals surface area contributed by atoms with E-state index in [0.29, 0.717) is 27.9 Å². The first-order valence-corrected chi connectivity index (χ1v) is 12.8. The molecule has 2 aromatic carbocycles. The molecule has 0 aliphatic rings. The van der Waals surface area contributed by atoms with E-state index in [9.17, 15) is 18.0 Å². The molecule has 0 radical (unpaired) electrons. The van der Waals surface area contributed by atoms with Crippen LogP contribution in [0.5, 0.6) is 0 Å². The highest BCUT2D eigenvalue weighted by molar-refractivity contribution is 7.99. The van der Waals surface area contributed by atoms with Gasteiger partial charge in [-0.25, -0.2) is 8.42 Å². The van der Waals surface area contributed by atoms with Crippen LogP contribution in [0.15, 0.2) is 53.7 Å². The van der Waals surface area contributed by atoms with Crippen molar-refractivity contribution in [3.8, 4) is 0 Å². The van der Waals surface area contributed by atoms with Gasteiger partial charge in [0, 0.05) is 18.3 Å². The first-order chi connectivity index (χ1) is 15.5. The topological polar surface area (TPSA) is 114 Å². The second-order valence-electron chi connectivity index (χ2n) is 7.53. The number of nitrogens with one attached hydrogen (secondary N) is 1. The molecule has 0 spiro atoms. The third-order valence-electron chi connectivity index (χ3n) is 4.84. The van der Waals surface area contributed by atoms with E-state index < -0.39 is 10.0 Å². The first-order valence-electron chi connectivity index (χ1n) is 10.0. The normalized spacial score (nSPS) is 11.3. The molecular weight excluding hydrogens is 462 g/mol. The van der Waals surface area contributed by atoms with E-state index in [1.807, 2.05) is 19.1 Å². The fraction of sp³-hybridized carbons (Fsp3) is 0.273. The number of amides is 1. The zero-order valence-electron chi connectivity index (χ0n) is 18.8. The smallest absolute Gasteiger partial charge is 0.234 e. The first kappa shape index (κ1) is 24.5. The summed E-state index contributed by atoms with van der Waals surface area (Å²) in [5, 5.41) is 11.5. The number of aryl methyl sites for hydroxylation is 1. The van der Waals surface area contributed by atoms with Gasteiger partial charge in [-0.1, -0.05) is 29.5 Å². The Bertz CT molecular complexity index is 1250. The van der Waals surface area contributed by atoms with Crippen molar-refractivity contribution in [2.75, 3.05) is 21.6 Å². The van der Waals surface area contributed by atoms with Gasteiger partial charge in [0.1, 0.15) is 0 Å². The number of benzene rings is 2. The molecule has 0 saturated heterocycles. The Kier molecular flexibility index (Phi) is 7.54. The van der Waals surface area contributed by atoms with Crippen LogP contribution in [0.4, 0.5) is 11.4 Å². The number of Topliss-reactive ketones (excluding diaryl/α,β-unsaturated/α-hetero) is 1. The van der Waals surface area contributed by atoms with Gasteiger partial charge in [-0.05, 0) is 50.2 Å². The van der Waals surface area contributed by atoms with Gasteiger partial charge in [0.2, 0.25) is 15.9 Å². The van der Waals surface area contributed by atoms with Gasteiger partial charge in [-0.2, -0.15) is 0 Å². The Morgan fingerprint density at radius 3 is 2.27 bits per heavy atom. The average molecular weight is 488 g/mol. The molecule has 9 nitrogen and oxygen atoms in total. The number of carbonyl (C=O) groups excluding carboxylic acids is 2. The highest BCUT2D eigenvalue weighted by Gasteiger charge is 2.21. The van der Waals surface area contributed by atoms with Crippen LogP contribution in [0.3, 0.4) is 0 Å². The van der Waals surface area contributed by atoms with Crippen LogP contribution in [0.2, 0.25) is 0 Å². The number of sulfonamides is 1. The summed E-state index contributed by atoms with van der Waals surface area (Å²) >= 11 is 1.19. The van der Waals surface area contributed by atoms with Crippen molar-refractivity contribution < 1.29 is 18.0 Å². The lowest BCUT2D eigenvalue weighted by molar-refractivity contribution is -0.113. The molecule has 174 valence electrons. The molecule has 0 aliphatic heterocycles. The second kappa shape index (κ2) is 10.2. The number of ketones is 1. The maximum absolute atomic E-state index is 12.4. The van der Waals surface area contributed by atoms with Crippen molar-refractivity contribution in [3.63, 3.8) is 0 Å². The number of carbonyl (C=O) groups is 2. The van der Waals surface area contributed by atoms with E-state index in [-0.39, 0.29) is 24.0 Å². The molecule has 0 atom stereocenters. The van der Waals surface area contributed by atoms with Crippen LogP contribution in [0.25, 0.3) is 0 Å². The maximum atomic E-state index is 12.4. The molecular formula is C22H25N5O4S2. The van der Waals surface area contributed by atoms with E-state index in [2.05, 4.69) is 15.5 Å². The van der Waals surface area contributed by atoms with E-state index in [4.69, 9.17) is 0 Å². The molecule has 0 saturated carbocycles. The number of rotatable bonds is 9. The molecule has 0 bridgehead atoms. The van der Waals surface area contributed by atoms with Crippen LogP contribution in [-0.4, -0.2) is 46.9 Å². The van der Waals surface area contributed by atoms with Gasteiger partial charge in [-0.15, -0.1) is 10.2 Å². The molecule has 11 heteroatoms. The number of thioether (sulfide) groups is 1. The van der Waals surface area contributed by atoms with Crippen LogP contribution >= 0.6 is 11.8 Å². The molecule has 0 aliphatic carbocycles. The molecule has 0 unspecified atom stereocenters. The fourth-order valence-corrected chi connectivity index (χ4v) is 4.55. The summed E-state index contributed by atoms with van der Waals surface area (Å²) in [6.45, 7) is 3.42. The monoisotopic (exact) mass is 487 g/mol. The SMILES string of the molecule is CC(=O)c1ccc(NC(=O)CSc2nnc(CN(c3ccc(C)cc3)S(C)(=O)=O)n2C)cc1. The summed E-state index contributed by atoms with van der Waals surface area (Å²) in [5.74, 6) is 0.258. The zero-order chi connectivity index (χ0) is 24.2. The highest BCUT2D eigenvalue weighted by Crippen LogP contribution is 2.22. The highest BCUT2D eigenvalue weighted by atomic mass is 32.2. The minimum Gasteiger partial charge on any atom is -0.325 e. The zero-order valence-corrected chi connectivity index (χ0v) is 20.4. The number of anilines is 2. The molecule has 3 aromatic rings. The van der Waals surface area contributed by atoms with Crippen LogP contribution in [0, 0.1) is 6.92 Å². The van der Waals surface area contributed by atoms with Gasteiger partial charge < -0.3 is 9.88 Å². The minimum absolute atomic E-state index is 0.0145. The Morgan fingerprint density at radius 1 is 1.06 bits per heavy atom. The van der Waals surface area contributed by atoms with Crippen LogP contribution in [0.1, 0.15) is 28.7 Å². The summed E-state index contributed by atoms with van der Waals surface area (Å²) in [5.41, 5.74) is 2.72. The summed E-state index contributed by atoms with van der Waals surface area (Å²) in [4.78, 5) is 23.6. The van der Waals surface area contributed by atoms with Crippen molar-refractivity contribution in [2.45, 2.75) is 25.5 Å². The third kappa shape index (κ3) is 6.42. The van der Waals surface area contributed by atoms with Gasteiger partial charge in [-0.3, -0.25) is 13.9 Å². The van der Waals surface area contributed by atoms with Gasteiger partial charge in [0.05, 0.1) is 24.2 Å². The summed E-state index contributed by atoms with van der Waals surface area (Å²) in [6, 6.07) is 13.8. The fourth-order valence-electron chi connectivity index (χ4n) is 2.96. The van der Waals surface area contributed by atoms with E-state index in [1.54, 1.807) is 48.0 Å². The lowest BCUT2D eigenvalue weighted by Gasteiger charge is -2.22. The van der Waals surface area contributed by atoms with Crippen LogP contribution in [-0.2, 0) is 28.4 Å². The second-order valence-corrected chi connectivity index (χ2v) is 10.4. The third-order valence-corrected chi connectivity index (χ3v) is 7.00.